The molecule has 100 valence electrons. The summed E-state index contributed by atoms with van der Waals surface area (Å²) in [5, 5.41) is 0.550. The average Bonchev–Trinajstić information content (AvgIpc) is 2.77. The number of carbonyl (C=O) groups is 1. The quantitative estimate of drug-likeness (QED) is 0.825. The molecule has 19 heavy (non-hydrogen) atoms. The van der Waals surface area contributed by atoms with Gasteiger partial charge < -0.3 is 4.90 Å². The van der Waals surface area contributed by atoms with Crippen LogP contribution in [0.4, 0.5) is 0 Å². The van der Waals surface area contributed by atoms with E-state index in [0.717, 1.165) is 15.0 Å². The van der Waals surface area contributed by atoms with E-state index >= 15 is 0 Å². The van der Waals surface area contributed by atoms with Crippen molar-refractivity contribution in [2.24, 2.45) is 0 Å². The van der Waals surface area contributed by atoms with Crippen LogP contribution in [0.25, 0.3) is 0 Å². The van der Waals surface area contributed by atoms with E-state index in [9.17, 15) is 4.79 Å². The molecule has 1 heterocycles. The van der Waals surface area contributed by atoms with Crippen molar-refractivity contribution in [3.05, 3.63) is 49.3 Å². The highest BCUT2D eigenvalue weighted by molar-refractivity contribution is 9.10. The molecule has 2 rings (SSSR count). The molecule has 6 heteroatoms. The standard InChI is InChI=1S/C13H12BrClN2OS/c1-8-12(19-7-16-8)6-17(2)13(18)10-5-9(15)3-4-11(10)14/h3-5,7H,6H2,1-2H3. The molecule has 2 aromatic rings. The highest BCUT2D eigenvalue weighted by atomic mass is 79.9. The number of carbonyl (C=O) groups excluding carboxylic acids is 1. The van der Waals surface area contributed by atoms with E-state index in [1.54, 1.807) is 47.0 Å². The predicted molar refractivity (Wildman–Crippen MR) is 81.8 cm³/mol. The van der Waals surface area contributed by atoms with Gasteiger partial charge in [0.2, 0.25) is 0 Å². The number of rotatable bonds is 3. The maximum Gasteiger partial charge on any atom is 0.255 e. The van der Waals surface area contributed by atoms with Crippen molar-refractivity contribution in [1.82, 2.24) is 9.88 Å². The molecule has 3 nitrogen and oxygen atoms in total. The van der Waals surface area contributed by atoms with Crippen LogP contribution in [-0.4, -0.2) is 22.8 Å². The van der Waals surface area contributed by atoms with E-state index in [-0.39, 0.29) is 5.91 Å². The molecule has 0 saturated carbocycles. The molecule has 0 spiro atoms. The van der Waals surface area contributed by atoms with Crippen LogP contribution in [0.1, 0.15) is 20.9 Å². The average molecular weight is 360 g/mol. The van der Waals surface area contributed by atoms with Crippen molar-refractivity contribution in [3.8, 4) is 0 Å². The van der Waals surface area contributed by atoms with Crippen LogP contribution in [0.5, 0.6) is 0 Å². The zero-order valence-corrected chi connectivity index (χ0v) is 13.6. The van der Waals surface area contributed by atoms with Crippen molar-refractivity contribution in [3.63, 3.8) is 0 Å². The van der Waals surface area contributed by atoms with E-state index in [4.69, 9.17) is 11.6 Å². The second kappa shape index (κ2) is 6.03. The van der Waals surface area contributed by atoms with Gasteiger partial charge in [-0.3, -0.25) is 4.79 Å². The molecule has 1 aromatic carbocycles. The zero-order chi connectivity index (χ0) is 14.0. The summed E-state index contributed by atoms with van der Waals surface area (Å²) < 4.78 is 0.745. The highest BCUT2D eigenvalue weighted by Gasteiger charge is 2.17. The highest BCUT2D eigenvalue weighted by Crippen LogP contribution is 2.23. The first kappa shape index (κ1) is 14.5. The Kier molecular flexibility index (Phi) is 4.60. The molecule has 0 aliphatic carbocycles. The molecule has 0 fully saturated rings. The van der Waals surface area contributed by atoms with E-state index in [1.165, 1.54) is 0 Å². The monoisotopic (exact) mass is 358 g/mol. The first-order valence-corrected chi connectivity index (χ1v) is 7.63. The van der Waals surface area contributed by atoms with Gasteiger partial charge in [0, 0.05) is 21.4 Å². The summed E-state index contributed by atoms with van der Waals surface area (Å²) in [5.74, 6) is -0.0674. The van der Waals surface area contributed by atoms with Gasteiger partial charge in [-0.25, -0.2) is 4.98 Å². The van der Waals surface area contributed by atoms with Crippen molar-refractivity contribution in [2.75, 3.05) is 7.05 Å². The lowest BCUT2D eigenvalue weighted by atomic mass is 10.2. The SMILES string of the molecule is Cc1ncsc1CN(C)C(=O)c1cc(Cl)ccc1Br. The third-order valence-electron chi connectivity index (χ3n) is 2.73. The Bertz CT molecular complexity index is 614. The minimum atomic E-state index is -0.0674. The Morgan fingerprint density at radius 3 is 2.89 bits per heavy atom. The first-order chi connectivity index (χ1) is 8.99. The van der Waals surface area contributed by atoms with Crippen molar-refractivity contribution < 1.29 is 4.79 Å². The van der Waals surface area contributed by atoms with Gasteiger partial charge in [0.05, 0.1) is 23.3 Å². The van der Waals surface area contributed by atoms with Crippen LogP contribution < -0.4 is 0 Å². The Morgan fingerprint density at radius 1 is 1.53 bits per heavy atom. The molecule has 0 saturated heterocycles. The summed E-state index contributed by atoms with van der Waals surface area (Å²) in [5.41, 5.74) is 3.32. The van der Waals surface area contributed by atoms with Gasteiger partial charge in [-0.2, -0.15) is 0 Å². The van der Waals surface area contributed by atoms with Crippen LogP contribution in [0.3, 0.4) is 0 Å². The summed E-state index contributed by atoms with van der Waals surface area (Å²) >= 11 is 10.9. The molecular weight excluding hydrogens is 348 g/mol. The van der Waals surface area contributed by atoms with E-state index in [1.807, 2.05) is 6.92 Å². The Balaban J connectivity index is 2.19. The molecule has 1 aromatic heterocycles. The van der Waals surface area contributed by atoms with Crippen LogP contribution in [-0.2, 0) is 6.54 Å². The predicted octanol–water partition coefficient (Wildman–Crippen LogP) is 4.14. The fraction of sp³-hybridized carbons (Fsp3) is 0.231. The summed E-state index contributed by atoms with van der Waals surface area (Å²) in [4.78, 5) is 19.3. The second-order valence-electron chi connectivity index (χ2n) is 4.15. The summed E-state index contributed by atoms with van der Waals surface area (Å²) in [6, 6.07) is 5.20. The molecule has 0 unspecified atom stereocenters. The zero-order valence-electron chi connectivity index (χ0n) is 10.5. The smallest absolute Gasteiger partial charge is 0.255 e. The van der Waals surface area contributed by atoms with Gasteiger partial charge >= 0.3 is 0 Å². The number of hydrogen-bond donors (Lipinski definition) is 0. The lowest BCUT2D eigenvalue weighted by molar-refractivity contribution is 0.0785. The maximum atomic E-state index is 12.4. The minimum absolute atomic E-state index is 0.0674. The maximum absolute atomic E-state index is 12.4. The number of aryl methyl sites for hydroxylation is 1. The number of halogens is 2. The molecule has 0 N–H and O–H groups in total. The van der Waals surface area contributed by atoms with E-state index in [0.29, 0.717) is 17.1 Å². The van der Waals surface area contributed by atoms with Crippen LogP contribution in [0.15, 0.2) is 28.2 Å². The van der Waals surface area contributed by atoms with Gasteiger partial charge in [0.15, 0.2) is 0 Å². The van der Waals surface area contributed by atoms with Gasteiger partial charge in [-0.15, -0.1) is 11.3 Å². The number of thiazole rings is 1. The molecular formula is C13H12BrClN2OS. The van der Waals surface area contributed by atoms with E-state index < -0.39 is 0 Å². The number of hydrogen-bond acceptors (Lipinski definition) is 3. The fourth-order valence-corrected chi connectivity index (χ4v) is 3.05. The van der Waals surface area contributed by atoms with Gasteiger partial charge in [-0.05, 0) is 41.1 Å². The summed E-state index contributed by atoms with van der Waals surface area (Å²) in [6.45, 7) is 2.49. The molecule has 0 atom stereocenters. The van der Waals surface area contributed by atoms with Gasteiger partial charge in [0.1, 0.15) is 0 Å². The molecule has 0 radical (unpaired) electrons. The molecule has 0 aliphatic heterocycles. The minimum Gasteiger partial charge on any atom is -0.336 e. The number of benzene rings is 1. The lowest BCUT2D eigenvalue weighted by Crippen LogP contribution is -2.26. The fourth-order valence-electron chi connectivity index (χ4n) is 1.63. The van der Waals surface area contributed by atoms with Crippen LogP contribution in [0.2, 0.25) is 5.02 Å². The van der Waals surface area contributed by atoms with Crippen molar-refractivity contribution in [1.29, 1.82) is 0 Å². The van der Waals surface area contributed by atoms with Gasteiger partial charge in [-0.1, -0.05) is 11.6 Å². The molecule has 0 bridgehead atoms. The lowest BCUT2D eigenvalue weighted by Gasteiger charge is -2.17. The first-order valence-electron chi connectivity index (χ1n) is 5.58. The molecule has 1 amide bonds. The largest absolute Gasteiger partial charge is 0.336 e. The van der Waals surface area contributed by atoms with Gasteiger partial charge in [0.25, 0.3) is 5.91 Å². The number of aromatic nitrogens is 1. The topological polar surface area (TPSA) is 33.2 Å². The summed E-state index contributed by atoms with van der Waals surface area (Å²) in [6.07, 6.45) is 0. The van der Waals surface area contributed by atoms with Crippen molar-refractivity contribution >= 4 is 44.8 Å². The Labute approximate surface area is 129 Å². The van der Waals surface area contributed by atoms with Crippen LogP contribution >= 0.6 is 38.9 Å². The Hall–Kier alpha value is -0.910. The van der Waals surface area contributed by atoms with Crippen molar-refractivity contribution in [2.45, 2.75) is 13.5 Å². The van der Waals surface area contributed by atoms with Crippen LogP contribution in [0, 0.1) is 6.92 Å². The third kappa shape index (κ3) is 3.35. The molecule has 0 aliphatic rings. The normalized spacial score (nSPS) is 10.5. The third-order valence-corrected chi connectivity index (χ3v) is 4.58. The Morgan fingerprint density at radius 2 is 2.26 bits per heavy atom. The summed E-state index contributed by atoms with van der Waals surface area (Å²) in [7, 11) is 1.77. The number of amides is 1. The second-order valence-corrected chi connectivity index (χ2v) is 6.38. The number of nitrogens with zero attached hydrogens (tertiary/aromatic N) is 2. The van der Waals surface area contributed by atoms with E-state index in [2.05, 4.69) is 20.9 Å².